The van der Waals surface area contributed by atoms with Crippen molar-refractivity contribution in [1.29, 1.82) is 0 Å². The third-order valence-corrected chi connectivity index (χ3v) is 2.85. The van der Waals surface area contributed by atoms with Crippen LogP contribution in [0.4, 0.5) is 4.39 Å². The number of nitrogens with two attached hydrogens (primary N) is 1. The number of rotatable bonds is 6. The van der Waals surface area contributed by atoms with Crippen LogP contribution in [0.15, 0.2) is 54.6 Å². The topological polar surface area (TPSA) is 35.2 Å². The zero-order valence-electron chi connectivity index (χ0n) is 10.8. The molecule has 3 heteroatoms. The van der Waals surface area contributed by atoms with Crippen molar-refractivity contribution in [1.82, 2.24) is 0 Å². The highest BCUT2D eigenvalue weighted by molar-refractivity contribution is 5.17. The average Bonchev–Trinajstić information content (AvgIpc) is 2.43. The maximum Gasteiger partial charge on any atom is 0.123 e. The number of hydrogen-bond donors (Lipinski definition) is 1. The lowest BCUT2D eigenvalue weighted by atomic mass is 10.1. The number of ether oxygens (including phenoxy) is 1. The minimum absolute atomic E-state index is 0.0748. The highest BCUT2D eigenvalue weighted by Gasteiger charge is 2.04. The van der Waals surface area contributed by atoms with Crippen molar-refractivity contribution in [3.63, 3.8) is 0 Å². The molecule has 100 valence electrons. The van der Waals surface area contributed by atoms with Gasteiger partial charge < -0.3 is 10.5 Å². The quantitative estimate of drug-likeness (QED) is 0.865. The van der Waals surface area contributed by atoms with Gasteiger partial charge in [-0.25, -0.2) is 4.39 Å². The molecular weight excluding hydrogens is 241 g/mol. The highest BCUT2D eigenvalue weighted by atomic mass is 19.1. The zero-order valence-corrected chi connectivity index (χ0v) is 10.8. The third-order valence-electron chi connectivity index (χ3n) is 2.85. The van der Waals surface area contributed by atoms with Gasteiger partial charge in [0.1, 0.15) is 5.82 Å². The van der Waals surface area contributed by atoms with E-state index in [2.05, 4.69) is 0 Å². The van der Waals surface area contributed by atoms with Gasteiger partial charge in [-0.3, -0.25) is 0 Å². The summed E-state index contributed by atoms with van der Waals surface area (Å²) in [6.45, 7) is 1.06. The molecule has 1 unspecified atom stereocenters. The molecule has 2 aromatic rings. The Morgan fingerprint density at radius 2 is 1.63 bits per heavy atom. The minimum Gasteiger partial charge on any atom is -0.375 e. The van der Waals surface area contributed by atoms with Gasteiger partial charge in [-0.1, -0.05) is 42.5 Å². The van der Waals surface area contributed by atoms with Crippen LogP contribution in [0.1, 0.15) is 11.1 Å². The highest BCUT2D eigenvalue weighted by Crippen LogP contribution is 2.06. The van der Waals surface area contributed by atoms with E-state index in [0.29, 0.717) is 19.6 Å². The van der Waals surface area contributed by atoms with Crippen molar-refractivity contribution in [2.75, 3.05) is 6.61 Å². The summed E-state index contributed by atoms with van der Waals surface area (Å²) in [5.41, 5.74) is 8.15. The number of halogens is 1. The molecule has 0 spiro atoms. The molecule has 2 aromatic carbocycles. The summed E-state index contributed by atoms with van der Waals surface area (Å²) < 4.78 is 18.3. The van der Waals surface area contributed by atoms with E-state index in [4.69, 9.17) is 10.5 Å². The fourth-order valence-electron chi connectivity index (χ4n) is 1.88. The van der Waals surface area contributed by atoms with Gasteiger partial charge in [-0.15, -0.1) is 0 Å². The van der Waals surface area contributed by atoms with E-state index < -0.39 is 0 Å². The maximum atomic E-state index is 12.8. The minimum atomic E-state index is -0.224. The Morgan fingerprint density at radius 3 is 2.32 bits per heavy atom. The SMILES string of the molecule is NC(COCc1ccccc1)Cc1ccc(F)cc1. The summed E-state index contributed by atoms with van der Waals surface area (Å²) in [6, 6.07) is 16.3. The Morgan fingerprint density at radius 1 is 0.947 bits per heavy atom. The summed E-state index contributed by atoms with van der Waals surface area (Å²) in [5, 5.41) is 0. The molecule has 0 aliphatic rings. The lowest BCUT2D eigenvalue weighted by Crippen LogP contribution is -2.28. The molecule has 0 bridgehead atoms. The molecule has 2 rings (SSSR count). The second kappa shape index (κ2) is 7.02. The molecule has 0 aliphatic carbocycles. The Kier molecular flexibility index (Phi) is 5.07. The average molecular weight is 259 g/mol. The molecular formula is C16H18FNO. The van der Waals surface area contributed by atoms with Crippen molar-refractivity contribution >= 4 is 0 Å². The van der Waals surface area contributed by atoms with Crippen LogP contribution in [0.25, 0.3) is 0 Å². The van der Waals surface area contributed by atoms with Crippen molar-refractivity contribution in [3.8, 4) is 0 Å². The van der Waals surface area contributed by atoms with Crippen LogP contribution in [-0.4, -0.2) is 12.6 Å². The van der Waals surface area contributed by atoms with Gasteiger partial charge in [0.2, 0.25) is 0 Å². The molecule has 2 N–H and O–H groups in total. The first-order valence-electron chi connectivity index (χ1n) is 6.36. The van der Waals surface area contributed by atoms with Gasteiger partial charge in [0.05, 0.1) is 13.2 Å². The molecule has 0 heterocycles. The summed E-state index contributed by atoms with van der Waals surface area (Å²) in [6.07, 6.45) is 0.690. The molecule has 0 saturated heterocycles. The first-order valence-corrected chi connectivity index (χ1v) is 6.36. The van der Waals surface area contributed by atoms with Gasteiger partial charge >= 0.3 is 0 Å². The summed E-state index contributed by atoms with van der Waals surface area (Å²) in [5.74, 6) is -0.224. The van der Waals surface area contributed by atoms with Crippen LogP contribution < -0.4 is 5.73 Å². The fourth-order valence-corrected chi connectivity index (χ4v) is 1.88. The normalized spacial score (nSPS) is 12.3. The van der Waals surface area contributed by atoms with Gasteiger partial charge in [0.25, 0.3) is 0 Å². The molecule has 0 aliphatic heterocycles. The third kappa shape index (κ3) is 4.81. The first-order chi connectivity index (χ1) is 9.24. The van der Waals surface area contributed by atoms with Crippen LogP contribution in [0, 0.1) is 5.82 Å². The molecule has 1 atom stereocenters. The predicted octanol–water partition coefficient (Wildman–Crippen LogP) is 2.91. The maximum absolute atomic E-state index is 12.8. The standard InChI is InChI=1S/C16H18FNO/c17-15-8-6-13(7-9-15)10-16(18)12-19-11-14-4-2-1-3-5-14/h1-9,16H,10-12,18H2. The van der Waals surface area contributed by atoms with Crippen LogP contribution in [-0.2, 0) is 17.8 Å². The lowest BCUT2D eigenvalue weighted by molar-refractivity contribution is 0.108. The predicted molar refractivity (Wildman–Crippen MR) is 74.2 cm³/mol. The summed E-state index contributed by atoms with van der Waals surface area (Å²) in [7, 11) is 0. The molecule has 0 radical (unpaired) electrons. The van der Waals surface area contributed by atoms with Crippen molar-refractivity contribution in [2.24, 2.45) is 5.73 Å². The Bertz CT molecular complexity index is 484. The van der Waals surface area contributed by atoms with E-state index in [-0.39, 0.29) is 11.9 Å². The second-order valence-electron chi connectivity index (χ2n) is 4.59. The molecule has 0 aromatic heterocycles. The van der Waals surface area contributed by atoms with Crippen molar-refractivity contribution in [2.45, 2.75) is 19.1 Å². The van der Waals surface area contributed by atoms with E-state index in [9.17, 15) is 4.39 Å². The lowest BCUT2D eigenvalue weighted by Gasteiger charge is -2.12. The number of benzene rings is 2. The van der Waals surface area contributed by atoms with E-state index in [1.807, 2.05) is 30.3 Å². The Balaban J connectivity index is 1.73. The molecule has 0 amide bonds. The van der Waals surface area contributed by atoms with E-state index >= 15 is 0 Å². The van der Waals surface area contributed by atoms with E-state index in [0.717, 1.165) is 11.1 Å². The zero-order chi connectivity index (χ0) is 13.5. The fraction of sp³-hybridized carbons (Fsp3) is 0.250. The number of hydrogen-bond acceptors (Lipinski definition) is 2. The van der Waals surface area contributed by atoms with E-state index in [1.165, 1.54) is 12.1 Å². The Hall–Kier alpha value is -1.71. The summed E-state index contributed by atoms with van der Waals surface area (Å²) in [4.78, 5) is 0. The van der Waals surface area contributed by atoms with Crippen molar-refractivity contribution < 1.29 is 9.13 Å². The second-order valence-corrected chi connectivity index (χ2v) is 4.59. The largest absolute Gasteiger partial charge is 0.375 e. The van der Waals surface area contributed by atoms with Gasteiger partial charge in [-0.2, -0.15) is 0 Å². The van der Waals surface area contributed by atoms with Gasteiger partial charge in [0, 0.05) is 6.04 Å². The van der Waals surface area contributed by atoms with Crippen LogP contribution in [0.5, 0.6) is 0 Å². The van der Waals surface area contributed by atoms with Crippen LogP contribution in [0.2, 0.25) is 0 Å². The smallest absolute Gasteiger partial charge is 0.123 e. The molecule has 0 fully saturated rings. The summed E-state index contributed by atoms with van der Waals surface area (Å²) >= 11 is 0. The Labute approximate surface area is 113 Å². The van der Waals surface area contributed by atoms with Crippen molar-refractivity contribution in [3.05, 3.63) is 71.5 Å². The molecule has 19 heavy (non-hydrogen) atoms. The molecule has 0 saturated carbocycles. The van der Waals surface area contributed by atoms with Gasteiger partial charge in [0.15, 0.2) is 0 Å². The van der Waals surface area contributed by atoms with Gasteiger partial charge in [-0.05, 0) is 29.7 Å². The first kappa shape index (κ1) is 13.7. The molecule has 2 nitrogen and oxygen atoms in total. The van der Waals surface area contributed by atoms with E-state index in [1.54, 1.807) is 12.1 Å². The van der Waals surface area contributed by atoms with Crippen LogP contribution >= 0.6 is 0 Å². The monoisotopic (exact) mass is 259 g/mol. The van der Waals surface area contributed by atoms with Crippen LogP contribution in [0.3, 0.4) is 0 Å².